The van der Waals surface area contributed by atoms with Gasteiger partial charge in [-0.1, -0.05) is 19.9 Å². The van der Waals surface area contributed by atoms with Gasteiger partial charge < -0.3 is 20.9 Å². The number of ether oxygens (including phenoxy) is 1. The van der Waals surface area contributed by atoms with Gasteiger partial charge in [0.2, 0.25) is 0 Å². The molecule has 2 fully saturated rings. The Morgan fingerprint density at radius 2 is 1.86 bits per heavy atom. The van der Waals surface area contributed by atoms with Crippen LogP contribution in [0.25, 0.3) is 0 Å². The van der Waals surface area contributed by atoms with Gasteiger partial charge in [0.25, 0.3) is 0 Å². The lowest BCUT2D eigenvalue weighted by atomic mass is 9.76. The number of carbonyl (C=O) groups excluding carboxylic acids is 1. The topological polar surface area (TPSA) is 86.0 Å². The molecule has 0 saturated heterocycles. The van der Waals surface area contributed by atoms with E-state index in [0.29, 0.717) is 18.4 Å². The van der Waals surface area contributed by atoms with Crippen molar-refractivity contribution in [2.75, 3.05) is 0 Å². The molecule has 1 unspecified atom stereocenters. The zero-order chi connectivity index (χ0) is 21.8. The third-order valence-corrected chi connectivity index (χ3v) is 6.12. The lowest BCUT2D eigenvalue weighted by Gasteiger charge is -2.38. The minimum absolute atomic E-state index is 0.111. The molecule has 156 valence electrons. The number of nitrogens with one attached hydrogen (secondary N) is 3. The second-order valence-electron chi connectivity index (χ2n) is 9.33. The van der Waals surface area contributed by atoms with E-state index in [1.165, 1.54) is 12.1 Å². The van der Waals surface area contributed by atoms with Crippen LogP contribution in [0.2, 0.25) is 0 Å². The Morgan fingerprint density at radius 1 is 1.28 bits per heavy atom. The molecule has 2 aliphatic carbocycles. The molecule has 1 amide bonds. The Labute approximate surface area is 169 Å². The summed E-state index contributed by atoms with van der Waals surface area (Å²) in [7, 11) is 0. The van der Waals surface area contributed by atoms with E-state index < -0.39 is 39.8 Å². The first kappa shape index (κ1) is 21.1. The summed E-state index contributed by atoms with van der Waals surface area (Å²) in [6, 6.07) is 3.46. The van der Waals surface area contributed by atoms with Crippen molar-refractivity contribution in [1.82, 2.24) is 5.32 Å². The van der Waals surface area contributed by atoms with Gasteiger partial charge in [-0.25, -0.2) is 13.6 Å². The minimum Gasteiger partial charge on any atom is -0.444 e. The lowest BCUT2D eigenvalue weighted by Crippen LogP contribution is -2.58. The largest absolute Gasteiger partial charge is 0.444 e. The normalized spacial score (nSPS) is 26.7. The van der Waals surface area contributed by atoms with Gasteiger partial charge in [0, 0.05) is 5.41 Å². The number of amides is 1. The Hall–Kier alpha value is -2.57. The third kappa shape index (κ3) is 3.36. The van der Waals surface area contributed by atoms with E-state index in [9.17, 15) is 13.6 Å². The van der Waals surface area contributed by atoms with Gasteiger partial charge in [0.15, 0.2) is 0 Å². The van der Waals surface area contributed by atoms with E-state index >= 15 is 0 Å². The van der Waals surface area contributed by atoms with Crippen molar-refractivity contribution < 1.29 is 18.3 Å². The zero-order valence-corrected chi connectivity index (χ0v) is 17.4. The molecular weight excluding hydrogens is 376 g/mol. The SMILES string of the molecule is CC(C)(C)OC(=O)NC12CC[C@H](/C(=C/C(=N)c3c(F)cccc3F)C1=N)C2(C)C. The molecule has 29 heavy (non-hydrogen) atoms. The van der Waals surface area contributed by atoms with E-state index in [0.717, 1.165) is 12.1 Å². The molecule has 2 atom stereocenters. The summed E-state index contributed by atoms with van der Waals surface area (Å²) >= 11 is 0. The van der Waals surface area contributed by atoms with Gasteiger partial charge in [-0.3, -0.25) is 0 Å². The maximum absolute atomic E-state index is 14.1. The molecule has 0 aliphatic heterocycles. The van der Waals surface area contributed by atoms with Crippen molar-refractivity contribution >= 4 is 17.5 Å². The maximum Gasteiger partial charge on any atom is 0.408 e. The minimum atomic E-state index is -0.945. The molecule has 5 nitrogen and oxygen atoms in total. The number of rotatable bonds is 3. The predicted molar refractivity (Wildman–Crippen MR) is 108 cm³/mol. The van der Waals surface area contributed by atoms with E-state index in [2.05, 4.69) is 5.32 Å². The summed E-state index contributed by atoms with van der Waals surface area (Å²) in [6.07, 6.45) is 2.03. The number of carbonyl (C=O) groups is 1. The number of halogens is 2. The molecular formula is C22H27F2N3O2. The molecule has 3 rings (SSSR count). The van der Waals surface area contributed by atoms with Crippen LogP contribution >= 0.6 is 0 Å². The van der Waals surface area contributed by atoms with Crippen LogP contribution in [0.4, 0.5) is 13.6 Å². The smallest absolute Gasteiger partial charge is 0.408 e. The summed E-state index contributed by atoms with van der Waals surface area (Å²) < 4.78 is 33.6. The van der Waals surface area contributed by atoms with Crippen molar-refractivity contribution in [1.29, 1.82) is 10.8 Å². The molecule has 7 heteroatoms. The Bertz CT molecular complexity index is 910. The summed E-state index contributed by atoms with van der Waals surface area (Å²) in [4.78, 5) is 12.5. The van der Waals surface area contributed by atoms with Crippen LogP contribution in [0.1, 0.15) is 53.0 Å². The first-order valence-electron chi connectivity index (χ1n) is 9.65. The first-order chi connectivity index (χ1) is 13.3. The van der Waals surface area contributed by atoms with Crippen LogP contribution in [0.15, 0.2) is 29.8 Å². The molecule has 2 saturated carbocycles. The second-order valence-corrected chi connectivity index (χ2v) is 9.33. The third-order valence-electron chi connectivity index (χ3n) is 6.12. The number of hydrogen-bond acceptors (Lipinski definition) is 4. The molecule has 0 heterocycles. The highest BCUT2D eigenvalue weighted by molar-refractivity contribution is 6.17. The van der Waals surface area contributed by atoms with Gasteiger partial charge in [-0.05, 0) is 63.3 Å². The highest BCUT2D eigenvalue weighted by atomic mass is 19.1. The molecule has 2 aliphatic rings. The van der Waals surface area contributed by atoms with Crippen molar-refractivity contribution in [3.63, 3.8) is 0 Å². The van der Waals surface area contributed by atoms with E-state index in [-0.39, 0.29) is 17.3 Å². The average Bonchev–Trinajstić information content (AvgIpc) is 2.88. The van der Waals surface area contributed by atoms with E-state index in [1.807, 2.05) is 13.8 Å². The van der Waals surface area contributed by atoms with Crippen molar-refractivity contribution in [3.05, 3.63) is 47.0 Å². The quantitative estimate of drug-likeness (QED) is 0.621. The number of benzene rings is 1. The standard InChI is InChI=1S/C22H27F2N3O2/c1-20(2,3)29-19(28)27-22-10-9-13(21(22,4)5)12(18(22)26)11-16(25)17-14(23)7-6-8-15(17)24/h6-8,11,13,25-26H,9-10H2,1-5H3,(H,27,28)/b12-11-,25-16?,26-18?/t13-,22?/m1/s1. The number of alkyl carbamates (subject to hydrolysis) is 1. The number of hydrogen-bond donors (Lipinski definition) is 3. The van der Waals surface area contributed by atoms with Crippen molar-refractivity contribution in [2.24, 2.45) is 11.3 Å². The fourth-order valence-corrected chi connectivity index (χ4v) is 4.67. The first-order valence-corrected chi connectivity index (χ1v) is 9.65. The van der Waals surface area contributed by atoms with Crippen LogP contribution in [0.3, 0.4) is 0 Å². The molecule has 2 bridgehead atoms. The van der Waals surface area contributed by atoms with Gasteiger partial charge >= 0.3 is 6.09 Å². The summed E-state index contributed by atoms with van der Waals surface area (Å²) in [5.41, 5.74) is -2.15. The van der Waals surface area contributed by atoms with E-state index in [4.69, 9.17) is 15.6 Å². The Morgan fingerprint density at radius 3 is 2.41 bits per heavy atom. The van der Waals surface area contributed by atoms with Crippen LogP contribution in [0, 0.1) is 33.8 Å². The van der Waals surface area contributed by atoms with Gasteiger partial charge in [0.1, 0.15) is 17.2 Å². The summed E-state index contributed by atoms with van der Waals surface area (Å²) in [5.74, 6) is -1.75. The number of allylic oxidation sites excluding steroid dienone is 1. The summed E-state index contributed by atoms with van der Waals surface area (Å²) in [5, 5.41) is 19.9. The Kier molecular flexibility index (Phi) is 4.92. The zero-order valence-electron chi connectivity index (χ0n) is 17.4. The van der Waals surface area contributed by atoms with Gasteiger partial charge in [-0.2, -0.15) is 0 Å². The van der Waals surface area contributed by atoms with Crippen LogP contribution in [0.5, 0.6) is 0 Å². The molecule has 0 spiro atoms. The van der Waals surface area contributed by atoms with Gasteiger partial charge in [0.05, 0.1) is 22.5 Å². The van der Waals surface area contributed by atoms with Crippen LogP contribution in [-0.2, 0) is 4.74 Å². The molecule has 0 aromatic heterocycles. The molecule has 1 aromatic carbocycles. The highest BCUT2D eigenvalue weighted by Gasteiger charge is 2.65. The number of fused-ring (bicyclic) bond motifs is 2. The summed E-state index contributed by atoms with van der Waals surface area (Å²) in [6.45, 7) is 9.22. The molecule has 1 aromatic rings. The fraction of sp³-hybridized carbons (Fsp3) is 0.500. The monoisotopic (exact) mass is 403 g/mol. The molecule has 3 N–H and O–H groups in total. The highest BCUT2D eigenvalue weighted by Crippen LogP contribution is 2.60. The van der Waals surface area contributed by atoms with E-state index in [1.54, 1.807) is 20.8 Å². The van der Waals surface area contributed by atoms with Crippen LogP contribution < -0.4 is 5.32 Å². The van der Waals surface area contributed by atoms with Crippen LogP contribution in [-0.4, -0.2) is 28.7 Å². The molecule has 0 radical (unpaired) electrons. The maximum atomic E-state index is 14.1. The second kappa shape index (κ2) is 6.75. The fourth-order valence-electron chi connectivity index (χ4n) is 4.67. The average molecular weight is 403 g/mol. The Balaban J connectivity index is 1.96. The van der Waals surface area contributed by atoms with Crippen molar-refractivity contribution in [2.45, 2.75) is 58.6 Å². The lowest BCUT2D eigenvalue weighted by molar-refractivity contribution is 0.0435. The predicted octanol–water partition coefficient (Wildman–Crippen LogP) is 4.99. The van der Waals surface area contributed by atoms with Gasteiger partial charge in [-0.15, -0.1) is 0 Å². The van der Waals surface area contributed by atoms with Crippen molar-refractivity contribution in [3.8, 4) is 0 Å².